The lowest BCUT2D eigenvalue weighted by Crippen LogP contribution is -2.23. The molecule has 1 atom stereocenters. The van der Waals surface area contributed by atoms with Crippen LogP contribution in [0.5, 0.6) is 0 Å². The third-order valence-corrected chi connectivity index (χ3v) is 6.36. The number of hydrogen-bond acceptors (Lipinski definition) is 5. The Kier molecular flexibility index (Phi) is 3.70. The molecule has 2 nitrogen and oxygen atoms in total. The predicted octanol–water partition coefficient (Wildman–Crippen LogP) is 5.35. The summed E-state index contributed by atoms with van der Waals surface area (Å²) in [6.45, 7) is 0. The van der Waals surface area contributed by atoms with E-state index in [9.17, 15) is 0 Å². The average molecular weight is 343 g/mol. The number of rotatable bonds is 3. The van der Waals surface area contributed by atoms with Gasteiger partial charge in [0.05, 0.1) is 27.1 Å². The molecule has 1 aliphatic heterocycles. The maximum absolute atomic E-state index is 4.90. The molecular formula is C17H14N2S3. The molecule has 0 bridgehead atoms. The van der Waals surface area contributed by atoms with Crippen LogP contribution in [0.25, 0.3) is 5.70 Å². The fraction of sp³-hybridized carbons (Fsp3) is 0.118. The second-order valence-corrected chi connectivity index (χ2v) is 7.88. The van der Waals surface area contributed by atoms with Crippen LogP contribution in [0.15, 0.2) is 63.7 Å². The Hall–Kier alpha value is -1.69. The van der Waals surface area contributed by atoms with Crippen LogP contribution < -0.4 is 0 Å². The van der Waals surface area contributed by atoms with Crippen molar-refractivity contribution in [2.75, 3.05) is 7.05 Å². The minimum atomic E-state index is 0.229. The van der Waals surface area contributed by atoms with E-state index in [1.165, 1.54) is 20.3 Å². The Labute approximate surface area is 141 Å². The molecule has 3 aromatic rings. The first-order valence-corrected chi connectivity index (χ1v) is 9.62. The van der Waals surface area contributed by atoms with E-state index in [0.717, 1.165) is 5.71 Å². The van der Waals surface area contributed by atoms with Crippen LogP contribution in [0, 0.1) is 0 Å². The van der Waals surface area contributed by atoms with Gasteiger partial charge in [0.25, 0.3) is 0 Å². The molecule has 5 heteroatoms. The highest BCUT2D eigenvalue weighted by Gasteiger charge is 2.27. The molecule has 0 saturated carbocycles. The molecule has 110 valence electrons. The molecule has 3 aromatic heterocycles. The molecular weight excluding hydrogens is 328 g/mol. The van der Waals surface area contributed by atoms with E-state index in [1.54, 1.807) is 34.0 Å². The van der Waals surface area contributed by atoms with E-state index in [2.05, 4.69) is 58.6 Å². The maximum Gasteiger partial charge on any atom is 0.0902 e. The lowest BCUT2D eigenvalue weighted by atomic mass is 9.97. The average Bonchev–Trinajstić information content (AvgIpc) is 3.28. The first kappa shape index (κ1) is 13.9. The fourth-order valence-electron chi connectivity index (χ4n) is 2.60. The number of nitrogens with zero attached hydrogens (tertiary/aromatic N) is 2. The normalized spacial score (nSPS) is 18.2. The van der Waals surface area contributed by atoms with Crippen LogP contribution >= 0.6 is 34.0 Å². The zero-order chi connectivity index (χ0) is 14.9. The van der Waals surface area contributed by atoms with Crippen molar-refractivity contribution in [3.8, 4) is 0 Å². The van der Waals surface area contributed by atoms with Gasteiger partial charge in [-0.15, -0.1) is 34.0 Å². The van der Waals surface area contributed by atoms with Crippen molar-refractivity contribution in [2.45, 2.75) is 5.92 Å². The minimum Gasteiger partial charge on any atom is -0.267 e. The van der Waals surface area contributed by atoms with E-state index in [1.807, 2.05) is 12.1 Å². The summed E-state index contributed by atoms with van der Waals surface area (Å²) in [6.07, 6.45) is 2.35. The van der Waals surface area contributed by atoms with Crippen LogP contribution in [0.3, 0.4) is 0 Å². The number of allylic oxidation sites excluding steroid dienone is 1. The third-order valence-electron chi connectivity index (χ3n) is 3.62. The number of hydrazone groups is 1. The lowest BCUT2D eigenvalue weighted by Gasteiger charge is -2.27. The quantitative estimate of drug-likeness (QED) is 0.627. The van der Waals surface area contributed by atoms with Gasteiger partial charge in [0, 0.05) is 11.9 Å². The smallest absolute Gasteiger partial charge is 0.0902 e. The summed E-state index contributed by atoms with van der Waals surface area (Å²) < 4.78 is 0. The maximum atomic E-state index is 4.90. The van der Waals surface area contributed by atoms with Crippen molar-refractivity contribution in [1.29, 1.82) is 0 Å². The van der Waals surface area contributed by atoms with Gasteiger partial charge in [-0.3, -0.25) is 5.01 Å². The zero-order valence-electron chi connectivity index (χ0n) is 12.0. The topological polar surface area (TPSA) is 15.6 Å². The van der Waals surface area contributed by atoms with E-state index >= 15 is 0 Å². The van der Waals surface area contributed by atoms with Crippen molar-refractivity contribution < 1.29 is 0 Å². The molecule has 4 heterocycles. The largest absolute Gasteiger partial charge is 0.267 e. The van der Waals surface area contributed by atoms with Crippen molar-refractivity contribution in [2.24, 2.45) is 5.10 Å². The highest BCUT2D eigenvalue weighted by molar-refractivity contribution is 7.12. The minimum absolute atomic E-state index is 0.229. The van der Waals surface area contributed by atoms with Crippen LogP contribution in [0.2, 0.25) is 0 Å². The van der Waals surface area contributed by atoms with Gasteiger partial charge < -0.3 is 0 Å². The number of hydrogen-bond donors (Lipinski definition) is 0. The Morgan fingerprint density at radius 2 is 1.59 bits per heavy atom. The van der Waals surface area contributed by atoms with Gasteiger partial charge in [-0.05, 0) is 40.4 Å². The molecule has 0 N–H and O–H groups in total. The van der Waals surface area contributed by atoms with Gasteiger partial charge in [-0.1, -0.05) is 18.2 Å². The molecule has 22 heavy (non-hydrogen) atoms. The molecule has 0 radical (unpaired) electrons. The van der Waals surface area contributed by atoms with E-state index in [0.29, 0.717) is 0 Å². The molecule has 0 aromatic carbocycles. The summed E-state index contributed by atoms with van der Waals surface area (Å²) in [4.78, 5) is 3.85. The van der Waals surface area contributed by atoms with Crippen molar-refractivity contribution >= 4 is 45.4 Å². The second kappa shape index (κ2) is 5.83. The summed E-state index contributed by atoms with van der Waals surface area (Å²) in [6, 6.07) is 12.8. The van der Waals surface area contributed by atoms with Crippen LogP contribution in [0.1, 0.15) is 20.5 Å². The fourth-order valence-corrected chi connectivity index (χ4v) is 4.93. The Morgan fingerprint density at radius 1 is 0.909 bits per heavy atom. The summed E-state index contributed by atoms with van der Waals surface area (Å²) in [5, 5.41) is 13.3. The molecule has 1 aliphatic rings. The van der Waals surface area contributed by atoms with Gasteiger partial charge in [0.1, 0.15) is 0 Å². The zero-order valence-corrected chi connectivity index (χ0v) is 14.4. The first-order valence-electron chi connectivity index (χ1n) is 6.98. The first-order chi connectivity index (χ1) is 10.8. The van der Waals surface area contributed by atoms with Gasteiger partial charge in [0.2, 0.25) is 0 Å². The molecule has 0 amide bonds. The van der Waals surface area contributed by atoms with Crippen molar-refractivity contribution in [3.63, 3.8) is 0 Å². The van der Waals surface area contributed by atoms with E-state index in [4.69, 9.17) is 5.10 Å². The third kappa shape index (κ3) is 2.45. The monoisotopic (exact) mass is 342 g/mol. The molecule has 1 unspecified atom stereocenters. The standard InChI is InChI=1S/C17H14N2S3/c1-19-13(15-6-3-9-21-15)11-12(14-5-2-8-20-14)17(18-19)16-7-4-10-22-16/h2-12H,1H3. The predicted molar refractivity (Wildman–Crippen MR) is 98.0 cm³/mol. The van der Waals surface area contributed by atoms with Gasteiger partial charge >= 0.3 is 0 Å². The van der Waals surface area contributed by atoms with Crippen molar-refractivity contribution in [1.82, 2.24) is 5.01 Å². The SMILES string of the molecule is CN1N=C(c2cccs2)C(c2cccs2)C=C1c1cccs1. The van der Waals surface area contributed by atoms with Crippen LogP contribution in [0.4, 0.5) is 0 Å². The summed E-state index contributed by atoms with van der Waals surface area (Å²) in [5.41, 5.74) is 2.33. The molecule has 0 saturated heterocycles. The Bertz CT molecular complexity index is 796. The Morgan fingerprint density at radius 3 is 2.23 bits per heavy atom. The summed E-state index contributed by atoms with van der Waals surface area (Å²) in [7, 11) is 2.03. The van der Waals surface area contributed by atoms with Gasteiger partial charge in [-0.25, -0.2) is 0 Å². The lowest BCUT2D eigenvalue weighted by molar-refractivity contribution is 0.507. The molecule has 4 rings (SSSR count). The molecule has 0 aliphatic carbocycles. The van der Waals surface area contributed by atoms with Crippen LogP contribution in [-0.4, -0.2) is 17.8 Å². The van der Waals surface area contributed by atoms with Gasteiger partial charge in [-0.2, -0.15) is 5.10 Å². The highest BCUT2D eigenvalue weighted by Crippen LogP contribution is 2.37. The number of thiophene rings is 3. The van der Waals surface area contributed by atoms with Crippen molar-refractivity contribution in [3.05, 3.63) is 73.2 Å². The van der Waals surface area contributed by atoms with E-state index in [-0.39, 0.29) is 5.92 Å². The summed E-state index contributed by atoms with van der Waals surface area (Å²) in [5.74, 6) is 0.229. The van der Waals surface area contributed by atoms with E-state index < -0.39 is 0 Å². The second-order valence-electron chi connectivity index (χ2n) is 5.01. The molecule has 0 spiro atoms. The Balaban J connectivity index is 1.82. The highest BCUT2D eigenvalue weighted by atomic mass is 32.1. The molecule has 0 fully saturated rings. The summed E-state index contributed by atoms with van der Waals surface area (Å²) >= 11 is 5.30. The van der Waals surface area contributed by atoms with Crippen LogP contribution in [-0.2, 0) is 0 Å². The van der Waals surface area contributed by atoms with Gasteiger partial charge in [0.15, 0.2) is 0 Å².